The number of nitrogens with one attached hydrogen (secondary N) is 1. The highest BCUT2D eigenvalue weighted by Crippen LogP contribution is 2.22. The standard InChI is InChI=1S/C20H17N3O2S/c1-15-4-8-17(9-5-15)20-18(3-2-12-22-20)14-23-26(24,25)19-10-6-16(13-21)7-11-19/h2-12,23H,14H2,1H3. The Morgan fingerprint density at radius 1 is 1.04 bits per heavy atom. The maximum absolute atomic E-state index is 12.5. The minimum absolute atomic E-state index is 0.122. The van der Waals surface area contributed by atoms with Crippen LogP contribution in [0.1, 0.15) is 16.7 Å². The van der Waals surface area contributed by atoms with Gasteiger partial charge in [-0.3, -0.25) is 4.98 Å². The van der Waals surface area contributed by atoms with Crippen molar-refractivity contribution in [3.63, 3.8) is 0 Å². The molecule has 3 aromatic rings. The van der Waals surface area contributed by atoms with Gasteiger partial charge in [0.1, 0.15) is 0 Å². The van der Waals surface area contributed by atoms with Gasteiger partial charge >= 0.3 is 0 Å². The number of aromatic nitrogens is 1. The molecule has 5 nitrogen and oxygen atoms in total. The van der Waals surface area contributed by atoms with E-state index in [-0.39, 0.29) is 11.4 Å². The average molecular weight is 363 g/mol. The van der Waals surface area contributed by atoms with Crippen molar-refractivity contribution in [2.75, 3.05) is 0 Å². The van der Waals surface area contributed by atoms with Gasteiger partial charge < -0.3 is 0 Å². The first-order valence-corrected chi connectivity index (χ1v) is 9.49. The molecule has 0 saturated carbocycles. The first-order chi connectivity index (χ1) is 12.5. The van der Waals surface area contributed by atoms with Gasteiger partial charge in [-0.2, -0.15) is 5.26 Å². The second kappa shape index (κ2) is 7.48. The van der Waals surface area contributed by atoms with Gasteiger partial charge in [-0.1, -0.05) is 35.9 Å². The van der Waals surface area contributed by atoms with Crippen molar-refractivity contribution >= 4 is 10.0 Å². The molecule has 0 aliphatic carbocycles. The molecule has 0 unspecified atom stereocenters. The van der Waals surface area contributed by atoms with E-state index in [0.29, 0.717) is 5.56 Å². The van der Waals surface area contributed by atoms with Gasteiger partial charge in [0.25, 0.3) is 0 Å². The zero-order valence-electron chi connectivity index (χ0n) is 14.2. The summed E-state index contributed by atoms with van der Waals surface area (Å²) in [6.45, 7) is 2.13. The quantitative estimate of drug-likeness (QED) is 0.753. The highest BCUT2D eigenvalue weighted by Gasteiger charge is 2.15. The van der Waals surface area contributed by atoms with Gasteiger partial charge in [0.15, 0.2) is 0 Å². The van der Waals surface area contributed by atoms with Gasteiger partial charge in [-0.25, -0.2) is 13.1 Å². The van der Waals surface area contributed by atoms with E-state index in [2.05, 4.69) is 9.71 Å². The smallest absolute Gasteiger partial charge is 0.240 e. The van der Waals surface area contributed by atoms with E-state index in [9.17, 15) is 8.42 Å². The summed E-state index contributed by atoms with van der Waals surface area (Å²) in [6.07, 6.45) is 1.69. The van der Waals surface area contributed by atoms with Crippen LogP contribution in [0, 0.1) is 18.3 Å². The SMILES string of the molecule is Cc1ccc(-c2ncccc2CNS(=O)(=O)c2ccc(C#N)cc2)cc1. The summed E-state index contributed by atoms with van der Waals surface area (Å²) in [6, 6.07) is 19.3. The highest BCUT2D eigenvalue weighted by atomic mass is 32.2. The molecule has 26 heavy (non-hydrogen) atoms. The molecular weight excluding hydrogens is 346 g/mol. The number of rotatable bonds is 5. The third kappa shape index (κ3) is 3.97. The number of pyridine rings is 1. The van der Waals surface area contributed by atoms with Crippen LogP contribution in [-0.2, 0) is 16.6 Å². The second-order valence-electron chi connectivity index (χ2n) is 5.84. The molecule has 0 fully saturated rings. The van der Waals surface area contributed by atoms with Crippen molar-refractivity contribution in [2.45, 2.75) is 18.4 Å². The van der Waals surface area contributed by atoms with Gasteiger partial charge in [0, 0.05) is 18.3 Å². The molecule has 6 heteroatoms. The van der Waals surface area contributed by atoms with Crippen molar-refractivity contribution in [3.05, 3.63) is 83.6 Å². The summed E-state index contributed by atoms with van der Waals surface area (Å²) < 4.78 is 27.6. The fourth-order valence-electron chi connectivity index (χ4n) is 2.52. The van der Waals surface area contributed by atoms with Crippen LogP contribution in [0.15, 0.2) is 71.8 Å². The molecule has 1 N–H and O–H groups in total. The Kier molecular flexibility index (Phi) is 5.12. The number of benzene rings is 2. The summed E-state index contributed by atoms with van der Waals surface area (Å²) in [7, 11) is -3.68. The number of aryl methyl sites for hydroxylation is 1. The van der Waals surface area contributed by atoms with Crippen molar-refractivity contribution in [1.29, 1.82) is 5.26 Å². The van der Waals surface area contributed by atoms with Crippen molar-refractivity contribution in [3.8, 4) is 17.3 Å². The molecule has 0 spiro atoms. The number of nitriles is 1. The molecule has 0 aliphatic rings. The minimum Gasteiger partial charge on any atom is -0.256 e. The molecule has 0 atom stereocenters. The summed E-state index contributed by atoms with van der Waals surface area (Å²) in [4.78, 5) is 4.53. The van der Waals surface area contributed by atoms with Gasteiger partial charge in [-0.15, -0.1) is 0 Å². The summed E-state index contributed by atoms with van der Waals surface area (Å²) >= 11 is 0. The van der Waals surface area contributed by atoms with E-state index >= 15 is 0 Å². The Hall–Kier alpha value is -3.01. The first kappa shape index (κ1) is 17.8. The van der Waals surface area contributed by atoms with E-state index in [1.165, 1.54) is 24.3 Å². The average Bonchev–Trinajstić information content (AvgIpc) is 2.67. The van der Waals surface area contributed by atoms with Crippen LogP contribution in [0.3, 0.4) is 0 Å². The summed E-state index contributed by atoms with van der Waals surface area (Å²) in [5.41, 5.74) is 4.03. The molecule has 1 aromatic heterocycles. The third-order valence-electron chi connectivity index (χ3n) is 3.96. The van der Waals surface area contributed by atoms with E-state index < -0.39 is 10.0 Å². The molecule has 0 saturated heterocycles. The fourth-order valence-corrected chi connectivity index (χ4v) is 3.52. The lowest BCUT2D eigenvalue weighted by atomic mass is 10.0. The lowest BCUT2D eigenvalue weighted by Crippen LogP contribution is -2.23. The van der Waals surface area contributed by atoms with Crippen molar-refractivity contribution < 1.29 is 8.42 Å². The van der Waals surface area contributed by atoms with E-state index in [4.69, 9.17) is 5.26 Å². The number of sulfonamides is 1. The molecule has 0 amide bonds. The minimum atomic E-state index is -3.68. The predicted octanol–water partition coefficient (Wildman–Crippen LogP) is 3.41. The molecule has 130 valence electrons. The van der Waals surface area contributed by atoms with Gasteiger partial charge in [0.2, 0.25) is 10.0 Å². The van der Waals surface area contributed by atoms with Gasteiger partial charge in [0.05, 0.1) is 22.2 Å². The lowest BCUT2D eigenvalue weighted by molar-refractivity contribution is 0.581. The normalized spacial score (nSPS) is 11.1. The maximum atomic E-state index is 12.5. The van der Waals surface area contributed by atoms with E-state index in [0.717, 1.165) is 22.4 Å². The van der Waals surface area contributed by atoms with Gasteiger partial charge in [-0.05, 0) is 42.8 Å². The van der Waals surface area contributed by atoms with Crippen LogP contribution >= 0.6 is 0 Å². The Morgan fingerprint density at radius 2 is 1.73 bits per heavy atom. The number of hydrogen-bond donors (Lipinski definition) is 1. The monoisotopic (exact) mass is 363 g/mol. The van der Waals surface area contributed by atoms with E-state index in [1.807, 2.05) is 43.3 Å². The molecule has 2 aromatic carbocycles. The highest BCUT2D eigenvalue weighted by molar-refractivity contribution is 7.89. The molecule has 0 radical (unpaired) electrons. The molecular formula is C20H17N3O2S. The zero-order chi connectivity index (χ0) is 18.6. The number of nitrogens with zero attached hydrogens (tertiary/aromatic N) is 2. The molecule has 0 aliphatic heterocycles. The van der Waals surface area contributed by atoms with Crippen LogP contribution in [-0.4, -0.2) is 13.4 Å². The molecule has 3 rings (SSSR count). The summed E-state index contributed by atoms with van der Waals surface area (Å²) in [5, 5.41) is 8.82. The van der Waals surface area contributed by atoms with Crippen LogP contribution < -0.4 is 4.72 Å². The molecule has 1 heterocycles. The Balaban J connectivity index is 1.83. The topological polar surface area (TPSA) is 82.8 Å². The predicted molar refractivity (Wildman–Crippen MR) is 99.6 cm³/mol. The number of hydrogen-bond acceptors (Lipinski definition) is 4. The zero-order valence-corrected chi connectivity index (χ0v) is 15.0. The maximum Gasteiger partial charge on any atom is 0.240 e. The Labute approximate surface area is 153 Å². The first-order valence-electron chi connectivity index (χ1n) is 8.00. The molecule has 0 bridgehead atoms. The Morgan fingerprint density at radius 3 is 2.38 bits per heavy atom. The van der Waals surface area contributed by atoms with Crippen molar-refractivity contribution in [1.82, 2.24) is 9.71 Å². The lowest BCUT2D eigenvalue weighted by Gasteiger charge is -2.11. The largest absolute Gasteiger partial charge is 0.256 e. The fraction of sp³-hybridized carbons (Fsp3) is 0.100. The second-order valence-corrected chi connectivity index (χ2v) is 7.60. The summed E-state index contributed by atoms with van der Waals surface area (Å²) in [5.74, 6) is 0. The van der Waals surface area contributed by atoms with E-state index in [1.54, 1.807) is 12.3 Å². The van der Waals surface area contributed by atoms with Crippen LogP contribution in [0.2, 0.25) is 0 Å². The third-order valence-corrected chi connectivity index (χ3v) is 5.38. The van der Waals surface area contributed by atoms with Crippen LogP contribution in [0.4, 0.5) is 0 Å². The van der Waals surface area contributed by atoms with Crippen LogP contribution in [0.5, 0.6) is 0 Å². The van der Waals surface area contributed by atoms with Crippen LogP contribution in [0.25, 0.3) is 11.3 Å². The Bertz CT molecular complexity index is 1050. The van der Waals surface area contributed by atoms with Crippen molar-refractivity contribution in [2.24, 2.45) is 0 Å².